The second-order valence-corrected chi connectivity index (χ2v) is 18.5. The molecule has 0 saturated carbocycles. The Kier molecular flexibility index (Phi) is 7.50. The maximum atomic E-state index is 4.82. The third-order valence-electron chi connectivity index (χ3n) is 14.5. The van der Waals surface area contributed by atoms with Crippen LogP contribution in [0.1, 0.15) is 66.6 Å². The lowest BCUT2D eigenvalue weighted by Crippen LogP contribution is -2.17. The average Bonchev–Trinajstić information content (AvgIpc) is 3.85. The zero-order valence-electron chi connectivity index (χ0n) is 35.3. The molecule has 0 atom stereocenters. The first-order chi connectivity index (χ1) is 29.6. The summed E-state index contributed by atoms with van der Waals surface area (Å²) in [6.45, 7) is 19.1. The fourth-order valence-corrected chi connectivity index (χ4v) is 11.7. The monoisotopic (exact) mass is 778 g/mol. The Morgan fingerprint density at radius 3 is 1.72 bits per heavy atom. The normalized spacial score (nSPS) is 15.9. The van der Waals surface area contributed by atoms with Gasteiger partial charge in [-0.3, -0.25) is 0 Å². The predicted octanol–water partition coefficient (Wildman–Crippen LogP) is 16.3. The van der Waals surface area contributed by atoms with Crippen molar-refractivity contribution in [2.45, 2.75) is 44.9 Å². The Bertz CT molecular complexity index is 3400. The zero-order chi connectivity index (χ0) is 41.4. The van der Waals surface area contributed by atoms with Crippen LogP contribution in [-0.2, 0) is 17.3 Å². The summed E-state index contributed by atoms with van der Waals surface area (Å²) in [5.74, 6) is 0. The number of hydrogen-bond donors (Lipinski definition) is 0. The van der Waals surface area contributed by atoms with E-state index >= 15 is 0 Å². The summed E-state index contributed by atoms with van der Waals surface area (Å²) in [4.78, 5) is 0. The van der Waals surface area contributed by atoms with Crippen molar-refractivity contribution >= 4 is 43.5 Å². The molecule has 0 heterocycles. The van der Waals surface area contributed by atoms with E-state index in [1.165, 1.54) is 121 Å². The minimum Gasteiger partial charge on any atom is -0.0911 e. The highest BCUT2D eigenvalue weighted by molar-refractivity contribution is 6.19. The smallest absolute Gasteiger partial charge is 0.0162 e. The second kappa shape index (κ2) is 12.7. The van der Waals surface area contributed by atoms with Crippen LogP contribution in [0.5, 0.6) is 0 Å². The average molecular weight is 779 g/mol. The van der Waals surface area contributed by atoms with Crippen LogP contribution in [0, 0.1) is 0 Å². The van der Waals surface area contributed by atoms with E-state index in [2.05, 4.69) is 198 Å². The number of allylic oxidation sites excluding steroid dienone is 4. The van der Waals surface area contributed by atoms with Crippen LogP contribution in [0.4, 0.5) is 0 Å². The van der Waals surface area contributed by atoms with E-state index in [9.17, 15) is 0 Å². The Hall–Kier alpha value is -7.02. The number of rotatable bonds is 4. The van der Waals surface area contributed by atoms with Crippen molar-refractivity contribution in [3.63, 3.8) is 0 Å². The molecule has 3 aliphatic rings. The van der Waals surface area contributed by atoms with Crippen LogP contribution in [0.25, 0.3) is 88.0 Å². The molecule has 9 aromatic carbocycles. The van der Waals surface area contributed by atoms with Gasteiger partial charge in [0.1, 0.15) is 0 Å². The van der Waals surface area contributed by atoms with E-state index < -0.39 is 0 Å². The summed E-state index contributed by atoms with van der Waals surface area (Å²) in [5, 5.41) is 7.62. The van der Waals surface area contributed by atoms with Crippen LogP contribution in [0.15, 0.2) is 189 Å². The first-order valence-corrected chi connectivity index (χ1v) is 21.7. The molecule has 0 fully saturated rings. The van der Waals surface area contributed by atoms with Crippen molar-refractivity contribution in [3.05, 3.63) is 228 Å². The van der Waals surface area contributed by atoms with Crippen molar-refractivity contribution in [1.82, 2.24) is 0 Å². The molecule has 290 valence electrons. The van der Waals surface area contributed by atoms with Crippen molar-refractivity contribution in [1.29, 1.82) is 0 Å². The SMILES string of the molecule is C=C1/C(=C\C(=C)c2c3ccccc3c(-c3ccccc3)c3ccccc23)C(C)(C)c2cc(-c3ccc4c(c3)-c3c(c5c(c6ccccc36)-c3ccccc3C5)C4(C)C)ccc21. The van der Waals surface area contributed by atoms with Gasteiger partial charge in [-0.25, -0.2) is 0 Å². The number of hydrogen-bond acceptors (Lipinski definition) is 0. The lowest BCUT2D eigenvalue weighted by Gasteiger charge is -2.25. The first-order valence-electron chi connectivity index (χ1n) is 21.7. The van der Waals surface area contributed by atoms with Gasteiger partial charge in [0, 0.05) is 10.8 Å². The molecule has 12 rings (SSSR count). The Morgan fingerprint density at radius 2 is 1.03 bits per heavy atom. The first kappa shape index (κ1) is 35.9. The molecule has 61 heavy (non-hydrogen) atoms. The van der Waals surface area contributed by atoms with Crippen LogP contribution >= 0.6 is 0 Å². The van der Waals surface area contributed by atoms with E-state index in [-0.39, 0.29) is 10.8 Å². The summed E-state index contributed by atoms with van der Waals surface area (Å²) in [6, 6.07) is 60.9. The molecule has 0 N–H and O–H groups in total. The van der Waals surface area contributed by atoms with Gasteiger partial charge in [0.15, 0.2) is 0 Å². The molecule has 0 unspecified atom stereocenters. The molecular formula is C61H46. The molecule has 0 aliphatic heterocycles. The van der Waals surface area contributed by atoms with Crippen molar-refractivity contribution < 1.29 is 0 Å². The highest BCUT2D eigenvalue weighted by Gasteiger charge is 2.42. The molecule has 0 saturated heterocycles. The molecular weight excluding hydrogens is 733 g/mol. The minimum absolute atomic E-state index is 0.113. The highest BCUT2D eigenvalue weighted by Crippen LogP contribution is 2.59. The van der Waals surface area contributed by atoms with Gasteiger partial charge >= 0.3 is 0 Å². The number of benzene rings is 9. The Balaban J connectivity index is 0.968. The molecule has 9 aromatic rings. The standard InChI is InChI=1S/C61H46/c1-36(55-44-22-12-14-24-46(44)56(38-18-8-7-9-19-38)47-25-15-13-23-45(47)55)32-53-37(2)42-30-28-40(35-54(42)60(53,3)4)39-29-31-52-50(33-39)58-49-27-17-16-26-48(49)57-43-21-11-10-20-41(43)34-51(57)59(58)61(52,5)6/h7-33,35H,1-2,34H2,3-6H3/b53-32+. The Labute approximate surface area is 358 Å². The largest absolute Gasteiger partial charge is 0.0911 e. The summed E-state index contributed by atoms with van der Waals surface area (Å²) < 4.78 is 0. The maximum Gasteiger partial charge on any atom is 0.0162 e. The minimum atomic E-state index is -0.280. The van der Waals surface area contributed by atoms with Gasteiger partial charge in [-0.05, 0) is 151 Å². The van der Waals surface area contributed by atoms with Crippen LogP contribution in [-0.4, -0.2) is 0 Å². The van der Waals surface area contributed by atoms with Gasteiger partial charge in [-0.15, -0.1) is 0 Å². The predicted molar refractivity (Wildman–Crippen MR) is 261 cm³/mol. The lowest BCUT2D eigenvalue weighted by molar-refractivity contribution is 0.655. The van der Waals surface area contributed by atoms with Gasteiger partial charge in [0.2, 0.25) is 0 Å². The molecule has 0 nitrogen and oxygen atoms in total. The molecule has 0 heteroatoms. The van der Waals surface area contributed by atoms with E-state index in [4.69, 9.17) is 13.2 Å². The fourth-order valence-electron chi connectivity index (χ4n) is 11.7. The molecule has 3 aliphatic carbocycles. The van der Waals surface area contributed by atoms with Crippen LogP contribution < -0.4 is 0 Å². The highest BCUT2D eigenvalue weighted by atomic mass is 14.4. The van der Waals surface area contributed by atoms with Gasteiger partial charge in [-0.2, -0.15) is 0 Å². The van der Waals surface area contributed by atoms with E-state index in [1.54, 1.807) is 0 Å². The quantitative estimate of drug-likeness (QED) is 0.156. The van der Waals surface area contributed by atoms with Gasteiger partial charge in [-0.1, -0.05) is 199 Å². The topological polar surface area (TPSA) is 0 Å². The van der Waals surface area contributed by atoms with Crippen LogP contribution in [0.3, 0.4) is 0 Å². The maximum absolute atomic E-state index is 4.82. The fraction of sp³-hybridized carbons (Fsp3) is 0.115. The van der Waals surface area contributed by atoms with Crippen molar-refractivity contribution in [3.8, 4) is 44.5 Å². The van der Waals surface area contributed by atoms with E-state index in [0.29, 0.717) is 0 Å². The Morgan fingerprint density at radius 1 is 0.475 bits per heavy atom. The summed E-state index contributed by atoms with van der Waals surface area (Å²) in [6.07, 6.45) is 3.31. The van der Waals surface area contributed by atoms with Crippen molar-refractivity contribution in [2.75, 3.05) is 0 Å². The summed E-state index contributed by atoms with van der Waals surface area (Å²) >= 11 is 0. The van der Waals surface area contributed by atoms with Crippen LogP contribution in [0.2, 0.25) is 0 Å². The molecule has 0 amide bonds. The second-order valence-electron chi connectivity index (χ2n) is 18.5. The van der Waals surface area contributed by atoms with Gasteiger partial charge < -0.3 is 0 Å². The van der Waals surface area contributed by atoms with Crippen molar-refractivity contribution in [2.24, 2.45) is 0 Å². The van der Waals surface area contributed by atoms with E-state index in [1.807, 2.05) is 0 Å². The van der Waals surface area contributed by atoms with Gasteiger partial charge in [0.05, 0.1) is 0 Å². The molecule has 0 spiro atoms. The zero-order valence-corrected chi connectivity index (χ0v) is 35.3. The lowest BCUT2D eigenvalue weighted by atomic mass is 9.78. The molecule has 0 bridgehead atoms. The summed E-state index contributed by atoms with van der Waals surface area (Å²) in [5.41, 5.74) is 23.1. The third kappa shape index (κ3) is 4.94. The third-order valence-corrected chi connectivity index (χ3v) is 14.5. The summed E-state index contributed by atoms with van der Waals surface area (Å²) in [7, 11) is 0. The molecule has 0 radical (unpaired) electrons. The van der Waals surface area contributed by atoms with Gasteiger partial charge in [0.25, 0.3) is 0 Å². The molecule has 0 aromatic heterocycles. The van der Waals surface area contributed by atoms with E-state index in [0.717, 1.165) is 17.6 Å². The number of fused-ring (bicyclic) bond motifs is 13.